The molecule has 1 aliphatic rings. The molecule has 0 spiro atoms. The SMILES string of the molecule is CC(CO)CNC(c1cccs1)C1CC1. The molecule has 1 aromatic heterocycles. The molecule has 0 bridgehead atoms. The Hall–Kier alpha value is -0.380. The molecule has 1 saturated carbocycles. The Bertz CT molecular complexity index is 282. The summed E-state index contributed by atoms with van der Waals surface area (Å²) < 4.78 is 0. The van der Waals surface area contributed by atoms with Crippen molar-refractivity contribution in [3.8, 4) is 0 Å². The molecular weight excluding hydrogens is 206 g/mol. The lowest BCUT2D eigenvalue weighted by molar-refractivity contribution is 0.228. The number of rotatable bonds is 6. The van der Waals surface area contributed by atoms with Crippen LogP contribution in [-0.4, -0.2) is 18.3 Å². The van der Waals surface area contributed by atoms with E-state index in [1.807, 2.05) is 11.3 Å². The van der Waals surface area contributed by atoms with Gasteiger partial charge < -0.3 is 10.4 Å². The fourth-order valence-electron chi connectivity index (χ4n) is 1.79. The lowest BCUT2D eigenvalue weighted by atomic mass is 10.1. The Morgan fingerprint density at radius 1 is 1.60 bits per heavy atom. The van der Waals surface area contributed by atoms with Crippen LogP contribution in [0.3, 0.4) is 0 Å². The number of aliphatic hydroxyl groups is 1. The zero-order valence-electron chi connectivity index (χ0n) is 9.15. The molecule has 0 radical (unpaired) electrons. The fourth-order valence-corrected chi connectivity index (χ4v) is 2.68. The summed E-state index contributed by atoms with van der Waals surface area (Å²) in [5, 5.41) is 14.7. The highest BCUT2D eigenvalue weighted by molar-refractivity contribution is 7.10. The van der Waals surface area contributed by atoms with Crippen LogP contribution in [0.2, 0.25) is 0 Å². The number of hydrogen-bond acceptors (Lipinski definition) is 3. The minimum atomic E-state index is 0.273. The zero-order valence-corrected chi connectivity index (χ0v) is 9.96. The van der Waals surface area contributed by atoms with Crippen molar-refractivity contribution in [2.75, 3.05) is 13.2 Å². The van der Waals surface area contributed by atoms with Gasteiger partial charge in [-0.1, -0.05) is 13.0 Å². The van der Waals surface area contributed by atoms with E-state index in [9.17, 15) is 0 Å². The Balaban J connectivity index is 1.90. The van der Waals surface area contributed by atoms with Gasteiger partial charge in [-0.3, -0.25) is 0 Å². The summed E-state index contributed by atoms with van der Waals surface area (Å²) in [6.07, 6.45) is 2.70. The maximum absolute atomic E-state index is 9.00. The largest absolute Gasteiger partial charge is 0.396 e. The van der Waals surface area contributed by atoms with E-state index < -0.39 is 0 Å². The number of aliphatic hydroxyl groups excluding tert-OH is 1. The van der Waals surface area contributed by atoms with Crippen molar-refractivity contribution in [2.24, 2.45) is 11.8 Å². The predicted octanol–water partition coefficient (Wildman–Crippen LogP) is 2.42. The van der Waals surface area contributed by atoms with Crippen LogP contribution < -0.4 is 5.32 Å². The third-order valence-electron chi connectivity index (χ3n) is 2.94. The number of thiophene rings is 1. The maximum Gasteiger partial charge on any atom is 0.0468 e. The molecule has 0 aliphatic heterocycles. The van der Waals surface area contributed by atoms with E-state index >= 15 is 0 Å². The second kappa shape index (κ2) is 5.10. The van der Waals surface area contributed by atoms with Crippen molar-refractivity contribution >= 4 is 11.3 Å². The minimum Gasteiger partial charge on any atom is -0.396 e. The monoisotopic (exact) mass is 225 g/mol. The second-order valence-electron chi connectivity index (χ2n) is 4.53. The van der Waals surface area contributed by atoms with E-state index in [0.717, 1.165) is 12.5 Å². The average molecular weight is 225 g/mol. The van der Waals surface area contributed by atoms with E-state index in [4.69, 9.17) is 5.11 Å². The predicted molar refractivity (Wildman–Crippen MR) is 64.0 cm³/mol. The van der Waals surface area contributed by atoms with Crippen molar-refractivity contribution in [3.63, 3.8) is 0 Å². The van der Waals surface area contributed by atoms with Crippen LogP contribution in [0.5, 0.6) is 0 Å². The molecule has 2 N–H and O–H groups in total. The second-order valence-corrected chi connectivity index (χ2v) is 5.51. The van der Waals surface area contributed by atoms with Crippen molar-refractivity contribution in [3.05, 3.63) is 22.4 Å². The lowest BCUT2D eigenvalue weighted by Crippen LogP contribution is -2.28. The van der Waals surface area contributed by atoms with Gasteiger partial charge in [0.05, 0.1) is 0 Å². The van der Waals surface area contributed by atoms with E-state index in [1.54, 1.807) is 0 Å². The van der Waals surface area contributed by atoms with Gasteiger partial charge in [-0.2, -0.15) is 0 Å². The van der Waals surface area contributed by atoms with Gasteiger partial charge in [0.1, 0.15) is 0 Å². The normalized spacial score (nSPS) is 20.1. The van der Waals surface area contributed by atoms with Gasteiger partial charge in [0.2, 0.25) is 0 Å². The van der Waals surface area contributed by atoms with Gasteiger partial charge in [0, 0.05) is 24.1 Å². The maximum atomic E-state index is 9.00. The first kappa shape index (κ1) is 11.1. The first-order chi connectivity index (χ1) is 7.31. The van der Waals surface area contributed by atoms with Crippen LogP contribution >= 0.6 is 11.3 Å². The van der Waals surface area contributed by atoms with Crippen LogP contribution in [0.15, 0.2) is 17.5 Å². The van der Waals surface area contributed by atoms with Gasteiger partial charge in [0.15, 0.2) is 0 Å². The molecule has 1 aliphatic carbocycles. The molecule has 2 unspecified atom stereocenters. The highest BCUT2D eigenvalue weighted by Gasteiger charge is 2.32. The van der Waals surface area contributed by atoms with Crippen LogP contribution in [0.1, 0.15) is 30.7 Å². The first-order valence-corrected chi connectivity index (χ1v) is 6.57. The summed E-state index contributed by atoms with van der Waals surface area (Å²) in [6, 6.07) is 4.86. The molecule has 2 rings (SSSR count). The molecule has 84 valence electrons. The first-order valence-electron chi connectivity index (χ1n) is 5.69. The molecule has 1 aromatic rings. The van der Waals surface area contributed by atoms with Gasteiger partial charge in [-0.25, -0.2) is 0 Å². The van der Waals surface area contributed by atoms with Crippen molar-refractivity contribution in [2.45, 2.75) is 25.8 Å². The van der Waals surface area contributed by atoms with Crippen LogP contribution in [0.4, 0.5) is 0 Å². The lowest BCUT2D eigenvalue weighted by Gasteiger charge is -2.19. The standard InChI is InChI=1S/C12H19NOS/c1-9(8-14)7-13-12(10-4-5-10)11-3-2-6-15-11/h2-3,6,9-10,12-14H,4-5,7-8H2,1H3. The van der Waals surface area contributed by atoms with Crippen LogP contribution in [0, 0.1) is 11.8 Å². The zero-order chi connectivity index (χ0) is 10.7. The van der Waals surface area contributed by atoms with E-state index in [-0.39, 0.29) is 6.61 Å². The molecule has 2 nitrogen and oxygen atoms in total. The Kier molecular flexibility index (Phi) is 3.78. The molecule has 1 fully saturated rings. The minimum absolute atomic E-state index is 0.273. The molecule has 0 saturated heterocycles. The molecular formula is C12H19NOS. The summed E-state index contributed by atoms with van der Waals surface area (Å²) in [5.41, 5.74) is 0. The van der Waals surface area contributed by atoms with E-state index in [0.29, 0.717) is 12.0 Å². The highest BCUT2D eigenvalue weighted by Crippen LogP contribution is 2.42. The summed E-state index contributed by atoms with van der Waals surface area (Å²) in [6.45, 7) is 3.26. The third-order valence-corrected chi connectivity index (χ3v) is 3.90. The highest BCUT2D eigenvalue weighted by atomic mass is 32.1. The number of nitrogens with one attached hydrogen (secondary N) is 1. The quantitative estimate of drug-likeness (QED) is 0.779. The Labute approximate surface area is 95.3 Å². The van der Waals surface area contributed by atoms with E-state index in [2.05, 4.69) is 29.8 Å². The number of hydrogen-bond donors (Lipinski definition) is 2. The van der Waals surface area contributed by atoms with Crippen molar-refractivity contribution in [1.82, 2.24) is 5.32 Å². The van der Waals surface area contributed by atoms with Crippen LogP contribution in [0.25, 0.3) is 0 Å². The summed E-state index contributed by atoms with van der Waals surface area (Å²) in [5.74, 6) is 1.18. The molecule has 15 heavy (non-hydrogen) atoms. The smallest absolute Gasteiger partial charge is 0.0468 e. The van der Waals surface area contributed by atoms with E-state index in [1.165, 1.54) is 17.7 Å². The van der Waals surface area contributed by atoms with Crippen molar-refractivity contribution in [1.29, 1.82) is 0 Å². The molecule has 3 heteroatoms. The molecule has 1 heterocycles. The van der Waals surface area contributed by atoms with Gasteiger partial charge in [0.25, 0.3) is 0 Å². The summed E-state index contributed by atoms with van der Waals surface area (Å²) in [7, 11) is 0. The fraction of sp³-hybridized carbons (Fsp3) is 0.667. The molecule has 0 amide bonds. The molecule has 2 atom stereocenters. The van der Waals surface area contributed by atoms with Gasteiger partial charge in [-0.15, -0.1) is 11.3 Å². The Morgan fingerprint density at radius 2 is 2.40 bits per heavy atom. The third kappa shape index (κ3) is 3.03. The van der Waals surface area contributed by atoms with Gasteiger partial charge in [-0.05, 0) is 36.1 Å². The average Bonchev–Trinajstić information content (AvgIpc) is 2.94. The van der Waals surface area contributed by atoms with Crippen LogP contribution in [-0.2, 0) is 0 Å². The topological polar surface area (TPSA) is 32.3 Å². The summed E-state index contributed by atoms with van der Waals surface area (Å²) in [4.78, 5) is 1.45. The molecule has 0 aromatic carbocycles. The van der Waals surface area contributed by atoms with Gasteiger partial charge >= 0.3 is 0 Å². The Morgan fingerprint density at radius 3 is 2.93 bits per heavy atom. The van der Waals surface area contributed by atoms with Crippen molar-refractivity contribution < 1.29 is 5.11 Å². The summed E-state index contributed by atoms with van der Waals surface area (Å²) >= 11 is 1.83.